The zero-order chi connectivity index (χ0) is 18.2. The Morgan fingerprint density at radius 2 is 1.88 bits per heavy atom. The van der Waals surface area contributed by atoms with Crippen LogP contribution in [0.15, 0.2) is 35.2 Å². The lowest BCUT2D eigenvalue weighted by Crippen LogP contribution is -2.08. The van der Waals surface area contributed by atoms with Crippen LogP contribution in [0.25, 0.3) is 5.57 Å². The lowest BCUT2D eigenvalue weighted by Gasteiger charge is -2.11. The summed E-state index contributed by atoms with van der Waals surface area (Å²) in [5.74, 6) is 0.0917. The molecule has 3 nitrogen and oxygen atoms in total. The highest BCUT2D eigenvalue weighted by atomic mass is 32.2. The standard InChI is InChI=1S/C19H24F2O3S/c1-3-24-19(22)16(10-13-11-17(20)18(21)12-13)14-4-6-15(7-5-14)25-9-8-23-2/h4-7,10,13,17-18H,3,8-9,11-12H2,1-2H3/b16-10-/t13-,17+,18-. The third-order valence-electron chi connectivity index (χ3n) is 4.07. The van der Waals surface area contributed by atoms with Gasteiger partial charge in [-0.15, -0.1) is 11.8 Å². The molecule has 0 radical (unpaired) electrons. The van der Waals surface area contributed by atoms with Gasteiger partial charge in [0.25, 0.3) is 0 Å². The Bertz CT molecular complexity index is 579. The van der Waals surface area contributed by atoms with Crippen molar-refractivity contribution in [1.29, 1.82) is 0 Å². The Morgan fingerprint density at radius 3 is 2.44 bits per heavy atom. The number of carbonyl (C=O) groups excluding carboxylic acids is 1. The summed E-state index contributed by atoms with van der Waals surface area (Å²) in [6.07, 6.45) is -1.03. The Morgan fingerprint density at radius 1 is 1.24 bits per heavy atom. The number of halogens is 2. The van der Waals surface area contributed by atoms with Gasteiger partial charge in [0.15, 0.2) is 0 Å². The van der Waals surface area contributed by atoms with E-state index in [1.165, 1.54) is 0 Å². The highest BCUT2D eigenvalue weighted by Gasteiger charge is 2.34. The monoisotopic (exact) mass is 370 g/mol. The van der Waals surface area contributed by atoms with Gasteiger partial charge in [0, 0.05) is 17.8 Å². The number of carbonyl (C=O) groups is 1. The number of allylic oxidation sites excluding steroid dienone is 1. The van der Waals surface area contributed by atoms with Crippen LogP contribution in [0.4, 0.5) is 8.78 Å². The fraction of sp³-hybridized carbons (Fsp3) is 0.526. The smallest absolute Gasteiger partial charge is 0.338 e. The molecule has 0 heterocycles. The third-order valence-corrected chi connectivity index (χ3v) is 5.04. The number of benzene rings is 1. The minimum absolute atomic E-state index is 0.106. The molecule has 0 saturated heterocycles. The number of methoxy groups -OCH3 is 1. The SMILES string of the molecule is CCOC(=O)/C(=C\[C@H]1C[C@@H](F)[C@@H](F)C1)c1ccc(SCCOC)cc1. The van der Waals surface area contributed by atoms with Crippen LogP contribution in [0.2, 0.25) is 0 Å². The van der Waals surface area contributed by atoms with E-state index >= 15 is 0 Å². The van der Waals surface area contributed by atoms with Gasteiger partial charge in [-0.3, -0.25) is 0 Å². The van der Waals surface area contributed by atoms with E-state index < -0.39 is 18.3 Å². The van der Waals surface area contributed by atoms with Crippen molar-refractivity contribution in [2.24, 2.45) is 5.92 Å². The number of esters is 1. The predicted molar refractivity (Wildman–Crippen MR) is 96.2 cm³/mol. The highest BCUT2D eigenvalue weighted by molar-refractivity contribution is 7.99. The molecular weight excluding hydrogens is 346 g/mol. The zero-order valence-electron chi connectivity index (χ0n) is 14.5. The molecule has 1 aliphatic rings. The van der Waals surface area contributed by atoms with E-state index in [0.717, 1.165) is 10.6 Å². The van der Waals surface area contributed by atoms with E-state index in [1.54, 1.807) is 31.9 Å². The molecular formula is C19H24F2O3S. The maximum absolute atomic E-state index is 13.4. The Labute approximate surface area is 151 Å². The van der Waals surface area contributed by atoms with E-state index in [9.17, 15) is 13.6 Å². The predicted octanol–water partition coefficient (Wildman–Crippen LogP) is 4.46. The van der Waals surface area contributed by atoms with Gasteiger partial charge >= 0.3 is 5.97 Å². The van der Waals surface area contributed by atoms with Crippen molar-refractivity contribution in [1.82, 2.24) is 0 Å². The largest absolute Gasteiger partial charge is 0.462 e. The quantitative estimate of drug-likeness (QED) is 0.293. The lowest BCUT2D eigenvalue weighted by atomic mass is 9.98. The maximum atomic E-state index is 13.4. The molecule has 0 bridgehead atoms. The summed E-state index contributed by atoms with van der Waals surface area (Å²) in [5, 5.41) is 0. The van der Waals surface area contributed by atoms with Crippen LogP contribution in [0.3, 0.4) is 0 Å². The number of alkyl halides is 2. The Kier molecular flexibility index (Phi) is 7.90. The summed E-state index contributed by atoms with van der Waals surface area (Å²) in [7, 11) is 1.66. The van der Waals surface area contributed by atoms with E-state index in [0.29, 0.717) is 17.7 Å². The van der Waals surface area contributed by atoms with Crippen molar-refractivity contribution in [3.63, 3.8) is 0 Å². The first-order chi connectivity index (χ1) is 12.0. The number of rotatable bonds is 8. The van der Waals surface area contributed by atoms with Crippen LogP contribution in [-0.4, -0.2) is 44.4 Å². The third kappa shape index (κ3) is 5.82. The first-order valence-corrected chi connectivity index (χ1v) is 9.43. The van der Waals surface area contributed by atoms with Crippen LogP contribution >= 0.6 is 11.8 Å². The van der Waals surface area contributed by atoms with Gasteiger partial charge in [0.1, 0.15) is 12.3 Å². The van der Waals surface area contributed by atoms with Gasteiger partial charge in [-0.2, -0.15) is 0 Å². The number of thioether (sulfide) groups is 1. The summed E-state index contributed by atoms with van der Waals surface area (Å²) >= 11 is 1.66. The number of hydrogen-bond donors (Lipinski definition) is 0. The second-order valence-electron chi connectivity index (χ2n) is 5.93. The van der Waals surface area contributed by atoms with Crippen LogP contribution in [0.5, 0.6) is 0 Å². The summed E-state index contributed by atoms with van der Waals surface area (Å²) in [6.45, 7) is 2.65. The normalized spacial score (nSPS) is 23.7. The summed E-state index contributed by atoms with van der Waals surface area (Å²) in [5.41, 5.74) is 1.08. The molecule has 0 aromatic heterocycles. The lowest BCUT2D eigenvalue weighted by molar-refractivity contribution is -0.136. The first-order valence-electron chi connectivity index (χ1n) is 8.44. The zero-order valence-corrected chi connectivity index (χ0v) is 15.4. The molecule has 1 aromatic carbocycles. The van der Waals surface area contributed by atoms with Crippen molar-refractivity contribution < 1.29 is 23.0 Å². The molecule has 1 saturated carbocycles. The number of hydrogen-bond acceptors (Lipinski definition) is 4. The molecule has 6 heteroatoms. The maximum Gasteiger partial charge on any atom is 0.338 e. The molecule has 0 aliphatic heterocycles. The topological polar surface area (TPSA) is 35.5 Å². The first kappa shape index (κ1) is 19.9. The van der Waals surface area contributed by atoms with E-state index in [2.05, 4.69) is 0 Å². The fourth-order valence-electron chi connectivity index (χ4n) is 2.81. The highest BCUT2D eigenvalue weighted by Crippen LogP contribution is 2.34. The van der Waals surface area contributed by atoms with Crippen LogP contribution < -0.4 is 0 Å². The Balaban J connectivity index is 2.16. The molecule has 2 rings (SSSR count). The molecule has 3 atom stereocenters. The summed E-state index contributed by atoms with van der Waals surface area (Å²) in [4.78, 5) is 13.4. The minimum Gasteiger partial charge on any atom is -0.462 e. The average Bonchev–Trinajstić information content (AvgIpc) is 2.92. The second kappa shape index (κ2) is 9.92. The van der Waals surface area contributed by atoms with E-state index in [-0.39, 0.29) is 25.4 Å². The van der Waals surface area contributed by atoms with Crippen molar-refractivity contribution in [2.45, 2.75) is 37.0 Å². The Hall–Kier alpha value is -1.40. The van der Waals surface area contributed by atoms with Crippen molar-refractivity contribution >= 4 is 23.3 Å². The summed E-state index contributed by atoms with van der Waals surface area (Å²) < 4.78 is 37.0. The van der Waals surface area contributed by atoms with Crippen molar-refractivity contribution in [2.75, 3.05) is 26.1 Å². The molecule has 0 amide bonds. The van der Waals surface area contributed by atoms with Gasteiger partial charge in [0.05, 0.1) is 18.8 Å². The van der Waals surface area contributed by atoms with Crippen LogP contribution in [0, 0.1) is 5.92 Å². The molecule has 0 spiro atoms. The molecule has 0 N–H and O–H groups in total. The molecule has 138 valence electrons. The van der Waals surface area contributed by atoms with Crippen molar-refractivity contribution in [3.05, 3.63) is 35.9 Å². The molecule has 0 unspecified atom stereocenters. The average molecular weight is 370 g/mol. The van der Waals surface area contributed by atoms with Crippen molar-refractivity contribution in [3.8, 4) is 0 Å². The summed E-state index contributed by atoms with van der Waals surface area (Å²) in [6, 6.07) is 7.53. The second-order valence-corrected chi connectivity index (χ2v) is 7.10. The van der Waals surface area contributed by atoms with Gasteiger partial charge in [-0.1, -0.05) is 18.2 Å². The molecule has 1 fully saturated rings. The molecule has 1 aromatic rings. The van der Waals surface area contributed by atoms with E-state index in [1.807, 2.05) is 24.3 Å². The number of ether oxygens (including phenoxy) is 2. The minimum atomic E-state index is -1.45. The van der Waals surface area contributed by atoms with Gasteiger partial charge in [-0.25, -0.2) is 13.6 Å². The fourth-order valence-corrected chi connectivity index (χ4v) is 3.62. The molecule has 25 heavy (non-hydrogen) atoms. The van der Waals surface area contributed by atoms with Gasteiger partial charge < -0.3 is 9.47 Å². The van der Waals surface area contributed by atoms with Crippen LogP contribution in [-0.2, 0) is 14.3 Å². The van der Waals surface area contributed by atoms with Gasteiger partial charge in [0.2, 0.25) is 0 Å². The molecule has 1 aliphatic carbocycles. The van der Waals surface area contributed by atoms with Gasteiger partial charge in [-0.05, 0) is 43.4 Å². The van der Waals surface area contributed by atoms with E-state index in [4.69, 9.17) is 9.47 Å². The van der Waals surface area contributed by atoms with Crippen LogP contribution in [0.1, 0.15) is 25.3 Å².